The quantitative estimate of drug-likeness (QED) is 0.740. The molecule has 15 heavy (non-hydrogen) atoms. The van der Waals surface area contributed by atoms with Gasteiger partial charge in [0.2, 0.25) is 0 Å². The number of likely N-dealkylation sites (N-methyl/N-ethyl adjacent to an activating group) is 1. The summed E-state index contributed by atoms with van der Waals surface area (Å²) in [6, 6.07) is -0.641. The topological polar surface area (TPSA) is 65.5 Å². The van der Waals surface area contributed by atoms with Crippen LogP contribution in [0.25, 0.3) is 0 Å². The van der Waals surface area contributed by atoms with Crippen molar-refractivity contribution in [3.05, 3.63) is 16.6 Å². The molecule has 1 aromatic heterocycles. The van der Waals surface area contributed by atoms with Crippen molar-refractivity contribution in [2.45, 2.75) is 6.04 Å². The van der Waals surface area contributed by atoms with E-state index < -0.39 is 12.0 Å². The second kappa shape index (κ2) is 5.79. The zero-order valence-electron chi connectivity index (χ0n) is 8.80. The molecule has 0 spiro atoms. The minimum Gasteiger partial charge on any atom is -0.480 e. The van der Waals surface area contributed by atoms with Gasteiger partial charge in [0.15, 0.2) is 0 Å². The second-order valence-electron chi connectivity index (χ2n) is 3.43. The molecule has 0 radical (unpaired) electrons. The third-order valence-electron chi connectivity index (χ3n) is 1.89. The third-order valence-corrected chi connectivity index (χ3v) is 2.73. The minimum atomic E-state index is -0.863. The van der Waals surface area contributed by atoms with Crippen LogP contribution in [0, 0.1) is 0 Å². The number of aromatic nitrogens is 1. The smallest absolute Gasteiger partial charge is 0.326 e. The van der Waals surface area contributed by atoms with Crippen LogP contribution in [0.4, 0.5) is 0 Å². The molecule has 6 heteroatoms. The van der Waals surface area contributed by atoms with Gasteiger partial charge >= 0.3 is 5.97 Å². The molecule has 1 rings (SSSR count). The highest BCUT2D eigenvalue weighted by Gasteiger charge is 2.20. The Hall–Kier alpha value is -0.980. The lowest BCUT2D eigenvalue weighted by Crippen LogP contribution is -2.33. The first kappa shape index (κ1) is 12.1. The number of nitrogens with zero attached hydrogens (tertiary/aromatic N) is 2. The molecule has 0 bridgehead atoms. The normalized spacial score (nSPS) is 13.0. The Morgan fingerprint density at radius 3 is 2.93 bits per heavy atom. The van der Waals surface area contributed by atoms with Gasteiger partial charge in [0.05, 0.1) is 10.4 Å². The van der Waals surface area contributed by atoms with Crippen LogP contribution >= 0.6 is 11.3 Å². The first-order valence-corrected chi connectivity index (χ1v) is 5.48. The molecule has 1 aromatic rings. The van der Waals surface area contributed by atoms with E-state index in [-0.39, 0.29) is 0 Å². The fourth-order valence-electron chi connectivity index (χ4n) is 1.11. The Bertz CT molecular complexity index is 300. The Kier molecular flexibility index (Phi) is 4.67. The number of aliphatic carboxylic acids is 1. The van der Waals surface area contributed by atoms with Crippen LogP contribution in [0.15, 0.2) is 11.7 Å². The molecule has 0 aliphatic rings. The molecule has 0 aromatic carbocycles. The van der Waals surface area contributed by atoms with E-state index in [1.54, 1.807) is 11.7 Å². The maximum atomic E-state index is 11.0. The summed E-state index contributed by atoms with van der Waals surface area (Å²) in [5, 5.41) is 12.0. The number of carboxylic acids is 1. The lowest BCUT2D eigenvalue weighted by Gasteiger charge is -2.14. The van der Waals surface area contributed by atoms with E-state index in [1.807, 2.05) is 19.0 Å². The predicted octanol–water partition coefficient (Wildman–Crippen LogP) is 0.420. The van der Waals surface area contributed by atoms with Crippen molar-refractivity contribution < 1.29 is 9.90 Å². The summed E-state index contributed by atoms with van der Waals surface area (Å²) in [5.41, 5.74) is 1.64. The molecule has 0 saturated carbocycles. The van der Waals surface area contributed by atoms with Crippen molar-refractivity contribution in [1.29, 1.82) is 0 Å². The van der Waals surface area contributed by atoms with Gasteiger partial charge in [0.25, 0.3) is 0 Å². The van der Waals surface area contributed by atoms with Crippen molar-refractivity contribution >= 4 is 17.3 Å². The van der Waals surface area contributed by atoms with Crippen LogP contribution in [0.5, 0.6) is 0 Å². The molecule has 0 aliphatic heterocycles. The summed E-state index contributed by atoms with van der Waals surface area (Å²) in [6.45, 7) is 1.45. The molecule has 0 fully saturated rings. The molecule has 1 unspecified atom stereocenters. The fourth-order valence-corrected chi connectivity index (χ4v) is 1.80. The largest absolute Gasteiger partial charge is 0.480 e. The van der Waals surface area contributed by atoms with Gasteiger partial charge in [-0.25, -0.2) is 0 Å². The third kappa shape index (κ3) is 3.94. The van der Waals surface area contributed by atoms with E-state index in [2.05, 4.69) is 10.3 Å². The van der Waals surface area contributed by atoms with Crippen molar-refractivity contribution in [3.63, 3.8) is 0 Å². The van der Waals surface area contributed by atoms with Gasteiger partial charge in [-0.05, 0) is 14.1 Å². The van der Waals surface area contributed by atoms with Crippen LogP contribution in [0.2, 0.25) is 0 Å². The van der Waals surface area contributed by atoms with Gasteiger partial charge in [-0.15, -0.1) is 11.3 Å². The van der Waals surface area contributed by atoms with Crippen molar-refractivity contribution in [2.75, 3.05) is 27.2 Å². The summed E-state index contributed by atoms with van der Waals surface area (Å²) in [5.74, 6) is -0.863. The summed E-state index contributed by atoms with van der Waals surface area (Å²) in [6.07, 6.45) is 1.59. The summed E-state index contributed by atoms with van der Waals surface area (Å²) in [7, 11) is 3.90. The number of carboxylic acid groups (broad SMARTS) is 1. The van der Waals surface area contributed by atoms with Crippen LogP contribution in [0.1, 0.15) is 10.9 Å². The Balaban J connectivity index is 2.49. The highest BCUT2D eigenvalue weighted by atomic mass is 32.1. The molecule has 0 saturated heterocycles. The SMILES string of the molecule is CN(C)CCNC(C(=O)O)c1cncs1. The van der Waals surface area contributed by atoms with Crippen LogP contribution < -0.4 is 5.32 Å². The highest BCUT2D eigenvalue weighted by Crippen LogP contribution is 2.16. The number of rotatable bonds is 6. The summed E-state index contributed by atoms with van der Waals surface area (Å²) in [4.78, 5) is 17.6. The number of thiazole rings is 1. The summed E-state index contributed by atoms with van der Waals surface area (Å²) >= 11 is 1.35. The molecule has 84 valence electrons. The Morgan fingerprint density at radius 1 is 1.73 bits per heavy atom. The number of hydrogen-bond acceptors (Lipinski definition) is 5. The maximum Gasteiger partial charge on any atom is 0.326 e. The zero-order valence-corrected chi connectivity index (χ0v) is 9.62. The predicted molar refractivity (Wildman–Crippen MR) is 59.0 cm³/mol. The van der Waals surface area contributed by atoms with E-state index in [4.69, 9.17) is 5.11 Å². The van der Waals surface area contributed by atoms with Gasteiger partial charge in [-0.3, -0.25) is 15.1 Å². The minimum absolute atomic E-state index is 0.641. The van der Waals surface area contributed by atoms with Gasteiger partial charge in [0.1, 0.15) is 6.04 Å². The van der Waals surface area contributed by atoms with E-state index >= 15 is 0 Å². The average Bonchev–Trinajstić information content (AvgIpc) is 2.63. The maximum absolute atomic E-state index is 11.0. The first-order valence-electron chi connectivity index (χ1n) is 4.60. The monoisotopic (exact) mass is 229 g/mol. The van der Waals surface area contributed by atoms with E-state index in [1.165, 1.54) is 11.3 Å². The van der Waals surface area contributed by atoms with Crippen LogP contribution in [0.3, 0.4) is 0 Å². The lowest BCUT2D eigenvalue weighted by atomic mass is 10.2. The standard InChI is InChI=1S/C9H15N3O2S/c1-12(2)4-3-11-8(9(13)14)7-5-10-6-15-7/h5-6,8,11H,3-4H2,1-2H3,(H,13,14). The Morgan fingerprint density at radius 2 is 2.47 bits per heavy atom. The average molecular weight is 229 g/mol. The summed E-state index contributed by atoms with van der Waals surface area (Å²) < 4.78 is 0. The van der Waals surface area contributed by atoms with Crippen molar-refractivity contribution in [1.82, 2.24) is 15.2 Å². The molecular formula is C9H15N3O2S. The molecule has 0 aliphatic carbocycles. The van der Waals surface area contributed by atoms with E-state index in [0.717, 1.165) is 11.4 Å². The first-order chi connectivity index (χ1) is 7.11. The fraction of sp³-hybridized carbons (Fsp3) is 0.556. The zero-order chi connectivity index (χ0) is 11.3. The number of nitrogens with one attached hydrogen (secondary N) is 1. The van der Waals surface area contributed by atoms with Gasteiger partial charge in [0, 0.05) is 19.3 Å². The molecule has 5 nitrogen and oxygen atoms in total. The van der Waals surface area contributed by atoms with Crippen LogP contribution in [-0.4, -0.2) is 48.1 Å². The Labute approximate surface area is 92.7 Å². The van der Waals surface area contributed by atoms with E-state index in [9.17, 15) is 4.79 Å². The van der Waals surface area contributed by atoms with Crippen LogP contribution in [-0.2, 0) is 4.79 Å². The molecule has 1 heterocycles. The molecular weight excluding hydrogens is 214 g/mol. The van der Waals surface area contributed by atoms with Crippen molar-refractivity contribution in [3.8, 4) is 0 Å². The molecule has 1 atom stereocenters. The number of hydrogen-bond donors (Lipinski definition) is 2. The van der Waals surface area contributed by atoms with Crippen molar-refractivity contribution in [2.24, 2.45) is 0 Å². The number of carbonyl (C=O) groups is 1. The molecule has 2 N–H and O–H groups in total. The second-order valence-corrected chi connectivity index (χ2v) is 4.35. The van der Waals surface area contributed by atoms with Gasteiger partial charge in [-0.1, -0.05) is 0 Å². The van der Waals surface area contributed by atoms with E-state index in [0.29, 0.717) is 6.54 Å². The molecule has 0 amide bonds. The van der Waals surface area contributed by atoms with Gasteiger partial charge in [-0.2, -0.15) is 0 Å². The van der Waals surface area contributed by atoms with Gasteiger partial charge < -0.3 is 10.0 Å². The highest BCUT2D eigenvalue weighted by molar-refractivity contribution is 7.09. The lowest BCUT2D eigenvalue weighted by molar-refractivity contribution is -0.139.